The number of amides is 1. The Bertz CT molecular complexity index is 755. The van der Waals surface area contributed by atoms with Crippen LogP contribution in [-0.4, -0.2) is 45.7 Å². The maximum atomic E-state index is 12.5. The van der Waals surface area contributed by atoms with E-state index in [4.69, 9.17) is 4.74 Å². The SMILES string of the molecule is CCOC(=O)c1ccccc1N(CC(=O)NC1CCCCCC1)S(C)(=O)=O. The maximum Gasteiger partial charge on any atom is 0.340 e. The molecule has 7 nitrogen and oxygen atoms in total. The van der Waals surface area contributed by atoms with Crippen molar-refractivity contribution in [2.24, 2.45) is 0 Å². The first-order valence-electron chi connectivity index (χ1n) is 9.36. The van der Waals surface area contributed by atoms with Crippen LogP contribution < -0.4 is 9.62 Å². The number of nitrogens with one attached hydrogen (secondary N) is 1. The summed E-state index contributed by atoms with van der Waals surface area (Å²) >= 11 is 0. The summed E-state index contributed by atoms with van der Waals surface area (Å²) < 4.78 is 30.7. The summed E-state index contributed by atoms with van der Waals surface area (Å²) in [6.07, 6.45) is 7.28. The first kappa shape index (κ1) is 21.2. The van der Waals surface area contributed by atoms with Gasteiger partial charge in [0, 0.05) is 6.04 Å². The second-order valence-electron chi connectivity index (χ2n) is 6.76. The summed E-state index contributed by atoms with van der Waals surface area (Å²) in [5, 5.41) is 2.94. The Morgan fingerprint density at radius 3 is 2.37 bits per heavy atom. The van der Waals surface area contributed by atoms with Gasteiger partial charge in [0.2, 0.25) is 15.9 Å². The number of nitrogens with zero attached hydrogens (tertiary/aromatic N) is 1. The van der Waals surface area contributed by atoms with Gasteiger partial charge in [0.25, 0.3) is 0 Å². The van der Waals surface area contributed by atoms with E-state index < -0.39 is 16.0 Å². The van der Waals surface area contributed by atoms with Gasteiger partial charge in [0.05, 0.1) is 24.1 Å². The van der Waals surface area contributed by atoms with Crippen LogP contribution >= 0.6 is 0 Å². The van der Waals surface area contributed by atoms with Gasteiger partial charge in [-0.15, -0.1) is 0 Å². The minimum atomic E-state index is -3.77. The molecule has 0 aliphatic heterocycles. The molecular weight excluding hydrogens is 368 g/mol. The Morgan fingerprint density at radius 2 is 1.78 bits per heavy atom. The van der Waals surface area contributed by atoms with Crippen LogP contribution in [-0.2, 0) is 19.6 Å². The van der Waals surface area contributed by atoms with E-state index in [1.165, 1.54) is 12.1 Å². The molecule has 0 radical (unpaired) electrons. The zero-order valence-corrected chi connectivity index (χ0v) is 16.8. The third-order valence-electron chi connectivity index (χ3n) is 4.58. The van der Waals surface area contributed by atoms with E-state index in [1.54, 1.807) is 19.1 Å². The molecule has 27 heavy (non-hydrogen) atoms. The molecule has 1 aromatic rings. The van der Waals surface area contributed by atoms with E-state index >= 15 is 0 Å². The Morgan fingerprint density at radius 1 is 1.15 bits per heavy atom. The number of hydrogen-bond acceptors (Lipinski definition) is 5. The molecule has 150 valence electrons. The number of carbonyl (C=O) groups excluding carboxylic acids is 2. The zero-order valence-electron chi connectivity index (χ0n) is 15.9. The summed E-state index contributed by atoms with van der Waals surface area (Å²) in [4.78, 5) is 24.7. The number of ether oxygens (including phenoxy) is 1. The lowest BCUT2D eigenvalue weighted by molar-refractivity contribution is -0.120. The average molecular weight is 397 g/mol. The molecule has 0 saturated heterocycles. The van der Waals surface area contributed by atoms with Crippen LogP contribution in [0.15, 0.2) is 24.3 Å². The lowest BCUT2D eigenvalue weighted by Crippen LogP contribution is -2.44. The summed E-state index contributed by atoms with van der Waals surface area (Å²) in [7, 11) is -3.77. The van der Waals surface area contributed by atoms with Crippen LogP contribution in [0.25, 0.3) is 0 Å². The highest BCUT2D eigenvalue weighted by molar-refractivity contribution is 7.92. The van der Waals surface area contributed by atoms with Crippen molar-refractivity contribution in [2.75, 3.05) is 23.7 Å². The molecule has 8 heteroatoms. The fourth-order valence-corrected chi connectivity index (χ4v) is 4.15. The van der Waals surface area contributed by atoms with E-state index in [0.717, 1.165) is 49.1 Å². The van der Waals surface area contributed by atoms with Crippen molar-refractivity contribution >= 4 is 27.6 Å². The quantitative estimate of drug-likeness (QED) is 0.565. The molecule has 1 aromatic carbocycles. The Hall–Kier alpha value is -2.09. The van der Waals surface area contributed by atoms with Gasteiger partial charge in [-0.25, -0.2) is 13.2 Å². The highest BCUT2D eigenvalue weighted by Crippen LogP contribution is 2.24. The molecule has 1 amide bonds. The van der Waals surface area contributed by atoms with E-state index in [0.29, 0.717) is 0 Å². The van der Waals surface area contributed by atoms with Crippen molar-refractivity contribution < 1.29 is 22.7 Å². The lowest BCUT2D eigenvalue weighted by atomic mass is 10.1. The summed E-state index contributed by atoms with van der Waals surface area (Å²) in [6.45, 7) is 1.48. The average Bonchev–Trinajstić information content (AvgIpc) is 2.87. The summed E-state index contributed by atoms with van der Waals surface area (Å²) in [5.41, 5.74) is 0.265. The van der Waals surface area contributed by atoms with Crippen molar-refractivity contribution in [1.82, 2.24) is 5.32 Å². The number of rotatable bonds is 7. The molecule has 1 aliphatic rings. The number of anilines is 1. The van der Waals surface area contributed by atoms with Gasteiger partial charge in [-0.1, -0.05) is 37.8 Å². The monoisotopic (exact) mass is 396 g/mol. The zero-order chi connectivity index (χ0) is 19.9. The predicted molar refractivity (Wildman–Crippen MR) is 104 cm³/mol. The number of carbonyl (C=O) groups is 2. The van der Waals surface area contributed by atoms with Gasteiger partial charge in [-0.05, 0) is 31.9 Å². The van der Waals surface area contributed by atoms with Crippen molar-refractivity contribution in [3.8, 4) is 0 Å². The van der Waals surface area contributed by atoms with Gasteiger partial charge in [0.1, 0.15) is 6.54 Å². The Kier molecular flexibility index (Phi) is 7.65. The van der Waals surface area contributed by atoms with Crippen molar-refractivity contribution in [3.63, 3.8) is 0 Å². The minimum absolute atomic E-state index is 0.0710. The first-order valence-corrected chi connectivity index (χ1v) is 11.2. The molecule has 1 fully saturated rings. The second-order valence-corrected chi connectivity index (χ2v) is 8.67. The summed E-state index contributed by atoms with van der Waals surface area (Å²) in [6, 6.07) is 6.32. The van der Waals surface area contributed by atoms with E-state index in [-0.39, 0.29) is 36.4 Å². The van der Waals surface area contributed by atoms with Gasteiger partial charge in [-0.3, -0.25) is 9.10 Å². The largest absolute Gasteiger partial charge is 0.462 e. The molecule has 0 aromatic heterocycles. The van der Waals surface area contributed by atoms with Gasteiger partial charge in [-0.2, -0.15) is 0 Å². The smallest absolute Gasteiger partial charge is 0.340 e. The van der Waals surface area contributed by atoms with Crippen LogP contribution in [0, 0.1) is 0 Å². The fourth-order valence-electron chi connectivity index (χ4n) is 3.28. The Balaban J connectivity index is 2.21. The highest BCUT2D eigenvalue weighted by Gasteiger charge is 2.26. The molecule has 0 unspecified atom stereocenters. The van der Waals surface area contributed by atoms with Crippen molar-refractivity contribution in [2.45, 2.75) is 51.5 Å². The van der Waals surface area contributed by atoms with Gasteiger partial charge in [0.15, 0.2) is 0 Å². The van der Waals surface area contributed by atoms with E-state index in [1.807, 2.05) is 0 Å². The minimum Gasteiger partial charge on any atom is -0.462 e. The van der Waals surface area contributed by atoms with E-state index in [9.17, 15) is 18.0 Å². The number of esters is 1. The van der Waals surface area contributed by atoms with Crippen molar-refractivity contribution in [1.29, 1.82) is 0 Å². The standard InChI is InChI=1S/C19H28N2O5S/c1-3-26-19(23)16-12-8-9-13-17(16)21(27(2,24)25)14-18(22)20-15-10-6-4-5-7-11-15/h8-9,12-13,15H,3-7,10-11,14H2,1-2H3,(H,20,22). The third kappa shape index (κ3) is 6.23. The molecule has 1 N–H and O–H groups in total. The topological polar surface area (TPSA) is 92.8 Å². The molecule has 0 atom stereocenters. The van der Waals surface area contributed by atoms with Crippen LogP contribution in [0.3, 0.4) is 0 Å². The molecule has 1 saturated carbocycles. The number of hydrogen-bond donors (Lipinski definition) is 1. The molecule has 1 aliphatic carbocycles. The lowest BCUT2D eigenvalue weighted by Gasteiger charge is -2.25. The molecule has 0 heterocycles. The molecule has 2 rings (SSSR count). The number of sulfonamides is 1. The fraction of sp³-hybridized carbons (Fsp3) is 0.579. The summed E-state index contributed by atoms with van der Waals surface area (Å²) in [5.74, 6) is -0.989. The molecule has 0 bridgehead atoms. The normalized spacial score (nSPS) is 15.6. The highest BCUT2D eigenvalue weighted by atomic mass is 32.2. The number of benzene rings is 1. The first-order chi connectivity index (χ1) is 12.8. The van der Waals surface area contributed by atoms with Crippen LogP contribution in [0.4, 0.5) is 5.69 Å². The van der Waals surface area contributed by atoms with Crippen molar-refractivity contribution in [3.05, 3.63) is 29.8 Å². The molecule has 0 spiro atoms. The maximum absolute atomic E-state index is 12.5. The van der Waals surface area contributed by atoms with Gasteiger partial charge < -0.3 is 10.1 Å². The van der Waals surface area contributed by atoms with Crippen LogP contribution in [0.2, 0.25) is 0 Å². The third-order valence-corrected chi connectivity index (χ3v) is 5.70. The van der Waals surface area contributed by atoms with Crippen LogP contribution in [0.5, 0.6) is 0 Å². The Labute approximate surface area is 161 Å². The van der Waals surface area contributed by atoms with E-state index in [2.05, 4.69) is 5.32 Å². The van der Waals surface area contributed by atoms with Gasteiger partial charge >= 0.3 is 5.97 Å². The predicted octanol–water partition coefficient (Wildman–Crippen LogP) is 2.47. The molecular formula is C19H28N2O5S. The number of para-hydroxylation sites is 1. The van der Waals surface area contributed by atoms with Crippen LogP contribution in [0.1, 0.15) is 55.8 Å². The second kappa shape index (κ2) is 9.73.